The number of halogens is 1. The molecule has 0 saturated carbocycles. The quantitative estimate of drug-likeness (QED) is 0.787. The first kappa shape index (κ1) is 17.5. The molecule has 1 aromatic rings. The number of nitrogens with zero attached hydrogens (tertiary/aromatic N) is 2. The van der Waals surface area contributed by atoms with Crippen LogP contribution in [-0.4, -0.2) is 59.2 Å². The van der Waals surface area contributed by atoms with Crippen LogP contribution >= 0.6 is 0 Å². The summed E-state index contributed by atoms with van der Waals surface area (Å²) in [6.07, 6.45) is 1.81. The molecule has 0 aliphatic carbocycles. The van der Waals surface area contributed by atoms with Gasteiger partial charge in [-0.1, -0.05) is 0 Å². The number of quaternary nitrogens is 1. The Bertz CT molecular complexity index is 669. The summed E-state index contributed by atoms with van der Waals surface area (Å²) < 4.78 is 13.0. The lowest BCUT2D eigenvalue weighted by atomic mass is 10.0. The molecule has 3 amide bonds. The second-order valence-electron chi connectivity index (χ2n) is 6.62. The summed E-state index contributed by atoms with van der Waals surface area (Å²) in [4.78, 5) is 39.5. The van der Waals surface area contributed by atoms with Crippen molar-refractivity contribution >= 4 is 17.7 Å². The number of likely N-dealkylation sites (tertiary alicyclic amines) is 2. The van der Waals surface area contributed by atoms with E-state index in [9.17, 15) is 18.8 Å². The van der Waals surface area contributed by atoms with E-state index in [-0.39, 0.29) is 42.0 Å². The predicted octanol–water partition coefficient (Wildman–Crippen LogP) is 0.141. The molecule has 2 saturated heterocycles. The summed E-state index contributed by atoms with van der Waals surface area (Å²) in [6, 6.07) is 5.48. The molecule has 0 spiro atoms. The molecule has 2 aliphatic heterocycles. The summed E-state index contributed by atoms with van der Waals surface area (Å²) in [5, 5.41) is 2.00. The third kappa shape index (κ3) is 3.71. The van der Waals surface area contributed by atoms with E-state index >= 15 is 0 Å². The van der Waals surface area contributed by atoms with E-state index < -0.39 is 0 Å². The van der Waals surface area contributed by atoms with Crippen LogP contribution in [0.1, 0.15) is 36.5 Å². The molecule has 0 bridgehead atoms. The van der Waals surface area contributed by atoms with Gasteiger partial charge in [0.15, 0.2) is 6.04 Å². The van der Waals surface area contributed by atoms with Gasteiger partial charge in [-0.2, -0.15) is 0 Å². The lowest BCUT2D eigenvalue weighted by Gasteiger charge is -2.31. The molecule has 1 atom stereocenters. The number of carbonyl (C=O) groups excluding carboxylic acids is 3. The number of nitrogens with two attached hydrogens (primary N) is 1. The largest absolute Gasteiger partial charge is 0.338 e. The molecule has 0 unspecified atom stereocenters. The Morgan fingerprint density at radius 1 is 1.20 bits per heavy atom. The van der Waals surface area contributed by atoms with Gasteiger partial charge in [0.1, 0.15) is 5.82 Å². The van der Waals surface area contributed by atoms with Crippen molar-refractivity contribution in [2.75, 3.05) is 19.6 Å². The number of benzene rings is 1. The number of amides is 3. The highest BCUT2D eigenvalue weighted by Crippen LogP contribution is 2.15. The normalized spacial score (nSPS) is 21.9. The number of piperidine rings is 1. The highest BCUT2D eigenvalue weighted by Gasteiger charge is 2.42. The van der Waals surface area contributed by atoms with E-state index in [2.05, 4.69) is 0 Å². The van der Waals surface area contributed by atoms with E-state index in [1.807, 2.05) is 5.32 Å². The molecule has 0 radical (unpaired) electrons. The Kier molecular flexibility index (Phi) is 5.13. The zero-order chi connectivity index (χ0) is 18.0. The Labute approximate surface area is 146 Å². The standard InChI is InChI=1S/C18H22FN3O3/c1-2-22-16(23)11-15(18(22)25)20-14-7-9-21(10-8-14)17(24)12-3-5-13(19)6-4-12/h3-6,14-15,20H,2,7-11H2,1H3/p+1/t15-/m1/s1. The molecule has 2 fully saturated rings. The van der Waals surface area contributed by atoms with Crippen molar-refractivity contribution < 1.29 is 24.1 Å². The van der Waals surface area contributed by atoms with Gasteiger partial charge >= 0.3 is 0 Å². The predicted molar refractivity (Wildman–Crippen MR) is 88.0 cm³/mol. The summed E-state index contributed by atoms with van der Waals surface area (Å²) in [5.41, 5.74) is 0.485. The second kappa shape index (κ2) is 7.31. The molecule has 25 heavy (non-hydrogen) atoms. The maximum atomic E-state index is 13.0. The van der Waals surface area contributed by atoms with Gasteiger partial charge in [0.2, 0.25) is 5.91 Å². The van der Waals surface area contributed by atoms with Crippen molar-refractivity contribution in [2.24, 2.45) is 0 Å². The zero-order valence-electron chi connectivity index (χ0n) is 14.3. The minimum Gasteiger partial charge on any atom is -0.338 e. The first-order valence-electron chi connectivity index (χ1n) is 8.73. The highest BCUT2D eigenvalue weighted by atomic mass is 19.1. The van der Waals surface area contributed by atoms with Gasteiger partial charge in [-0.3, -0.25) is 19.3 Å². The molecular weight excluding hydrogens is 325 g/mol. The fourth-order valence-electron chi connectivity index (χ4n) is 3.59. The summed E-state index contributed by atoms with van der Waals surface area (Å²) in [6.45, 7) is 3.43. The summed E-state index contributed by atoms with van der Waals surface area (Å²) in [7, 11) is 0. The van der Waals surface area contributed by atoms with Crippen LogP contribution in [0.5, 0.6) is 0 Å². The average molecular weight is 348 g/mol. The van der Waals surface area contributed by atoms with Crippen molar-refractivity contribution in [2.45, 2.75) is 38.3 Å². The molecule has 7 heteroatoms. The van der Waals surface area contributed by atoms with Crippen LogP contribution in [0.15, 0.2) is 24.3 Å². The average Bonchev–Trinajstić information content (AvgIpc) is 2.88. The van der Waals surface area contributed by atoms with E-state index in [0.29, 0.717) is 25.2 Å². The second-order valence-corrected chi connectivity index (χ2v) is 6.62. The Morgan fingerprint density at radius 3 is 2.40 bits per heavy atom. The Hall–Kier alpha value is -2.28. The van der Waals surface area contributed by atoms with Crippen LogP contribution in [-0.2, 0) is 9.59 Å². The third-order valence-electron chi connectivity index (χ3n) is 5.02. The number of rotatable bonds is 4. The van der Waals surface area contributed by atoms with Gasteiger partial charge in [-0.25, -0.2) is 4.39 Å². The molecule has 2 heterocycles. The highest BCUT2D eigenvalue weighted by molar-refractivity contribution is 6.04. The molecule has 1 aromatic carbocycles. The number of imide groups is 1. The van der Waals surface area contributed by atoms with Crippen LogP contribution < -0.4 is 5.32 Å². The minimum atomic E-state index is -0.359. The lowest BCUT2D eigenvalue weighted by Crippen LogP contribution is -2.97. The first-order chi connectivity index (χ1) is 12.0. The molecule has 3 rings (SSSR count). The maximum absolute atomic E-state index is 13.0. The Balaban J connectivity index is 1.52. The van der Waals surface area contributed by atoms with Crippen LogP contribution in [0.4, 0.5) is 4.39 Å². The van der Waals surface area contributed by atoms with Gasteiger partial charge in [-0.15, -0.1) is 0 Å². The van der Waals surface area contributed by atoms with Crippen LogP contribution in [0.25, 0.3) is 0 Å². The molecule has 134 valence electrons. The van der Waals surface area contributed by atoms with Gasteiger partial charge in [0.05, 0.1) is 12.5 Å². The Morgan fingerprint density at radius 2 is 1.84 bits per heavy atom. The SMILES string of the molecule is CCN1C(=O)C[C@@H]([NH2+]C2CCN(C(=O)c3ccc(F)cc3)CC2)C1=O. The van der Waals surface area contributed by atoms with Crippen molar-refractivity contribution in [3.8, 4) is 0 Å². The fraction of sp³-hybridized carbons (Fsp3) is 0.500. The smallest absolute Gasteiger partial charge is 0.287 e. The van der Waals surface area contributed by atoms with Gasteiger partial charge in [0, 0.05) is 38.0 Å². The third-order valence-corrected chi connectivity index (χ3v) is 5.02. The maximum Gasteiger partial charge on any atom is 0.287 e. The minimum absolute atomic E-state index is 0.0947. The van der Waals surface area contributed by atoms with Gasteiger partial charge in [-0.05, 0) is 31.2 Å². The number of hydrogen-bond donors (Lipinski definition) is 1. The van der Waals surface area contributed by atoms with Gasteiger partial charge in [0.25, 0.3) is 11.8 Å². The number of hydrogen-bond acceptors (Lipinski definition) is 3. The van der Waals surface area contributed by atoms with Crippen LogP contribution in [0.3, 0.4) is 0 Å². The molecule has 0 aromatic heterocycles. The number of likely N-dealkylation sites (N-methyl/N-ethyl adjacent to an activating group) is 1. The van der Waals surface area contributed by atoms with E-state index in [1.54, 1.807) is 11.8 Å². The lowest BCUT2D eigenvalue weighted by molar-refractivity contribution is -0.710. The molecule has 2 N–H and O–H groups in total. The van der Waals surface area contributed by atoms with Gasteiger partial charge < -0.3 is 10.2 Å². The summed E-state index contributed by atoms with van der Waals surface area (Å²) >= 11 is 0. The van der Waals surface area contributed by atoms with Crippen LogP contribution in [0, 0.1) is 5.82 Å². The van der Waals surface area contributed by atoms with Crippen molar-refractivity contribution in [1.29, 1.82) is 0 Å². The first-order valence-corrected chi connectivity index (χ1v) is 8.73. The molecule has 2 aliphatic rings. The van der Waals surface area contributed by atoms with E-state index in [4.69, 9.17) is 0 Å². The fourth-order valence-corrected chi connectivity index (χ4v) is 3.59. The van der Waals surface area contributed by atoms with Crippen molar-refractivity contribution in [3.63, 3.8) is 0 Å². The summed E-state index contributed by atoms with van der Waals surface area (Å²) in [5.74, 6) is -0.653. The number of carbonyl (C=O) groups is 3. The van der Waals surface area contributed by atoms with Crippen LogP contribution in [0.2, 0.25) is 0 Å². The monoisotopic (exact) mass is 348 g/mol. The molecular formula is C18H23FN3O3+. The zero-order valence-corrected chi connectivity index (χ0v) is 14.3. The van der Waals surface area contributed by atoms with Crippen molar-refractivity contribution in [3.05, 3.63) is 35.6 Å². The van der Waals surface area contributed by atoms with Crippen molar-refractivity contribution in [1.82, 2.24) is 9.80 Å². The molecule has 6 nitrogen and oxygen atoms in total. The van der Waals surface area contributed by atoms with E-state index in [0.717, 1.165) is 12.8 Å². The topological polar surface area (TPSA) is 74.3 Å². The van der Waals surface area contributed by atoms with E-state index in [1.165, 1.54) is 29.2 Å².